The summed E-state index contributed by atoms with van der Waals surface area (Å²) in [5, 5.41) is 8.76. The van der Waals surface area contributed by atoms with E-state index in [1.807, 2.05) is 0 Å². The van der Waals surface area contributed by atoms with Crippen LogP contribution in [0.2, 0.25) is 0 Å². The van der Waals surface area contributed by atoms with Crippen molar-refractivity contribution in [3.8, 4) is 11.5 Å². The largest absolute Gasteiger partial charge is 0.480 e. The van der Waals surface area contributed by atoms with E-state index in [0.717, 1.165) is 0 Å². The molecular weight excluding hydrogens is 378 g/mol. The summed E-state index contributed by atoms with van der Waals surface area (Å²) < 4.78 is 37.3. The number of hydrogen-bond donors (Lipinski definition) is 2. The Balaban J connectivity index is 1.58. The van der Waals surface area contributed by atoms with Crippen LogP contribution in [0, 0.1) is 0 Å². The van der Waals surface area contributed by atoms with Gasteiger partial charge in [0.25, 0.3) is 0 Å². The third kappa shape index (κ3) is 4.15. The minimum Gasteiger partial charge on any atom is -0.480 e. The maximum atomic E-state index is 12.8. The molecule has 11 heteroatoms. The van der Waals surface area contributed by atoms with Gasteiger partial charge in [0.15, 0.2) is 11.5 Å². The normalized spacial score (nSPS) is 18.3. The van der Waals surface area contributed by atoms with Gasteiger partial charge in [-0.15, -0.1) is 0 Å². The molecule has 3 N–H and O–H groups in total. The number of nitrogens with two attached hydrogens (primary N) is 1. The van der Waals surface area contributed by atoms with E-state index in [2.05, 4.69) is 0 Å². The van der Waals surface area contributed by atoms with Gasteiger partial charge in [-0.2, -0.15) is 4.31 Å². The summed E-state index contributed by atoms with van der Waals surface area (Å²) >= 11 is 0. The topological polar surface area (TPSA) is 139 Å². The van der Waals surface area contributed by atoms with Gasteiger partial charge in [0.1, 0.15) is 6.04 Å². The van der Waals surface area contributed by atoms with E-state index in [0.29, 0.717) is 11.5 Å². The molecule has 1 aromatic carbocycles. The maximum Gasteiger partial charge on any atom is 0.320 e. The van der Waals surface area contributed by atoms with Crippen molar-refractivity contribution in [1.29, 1.82) is 0 Å². The van der Waals surface area contributed by atoms with Crippen LogP contribution in [0.5, 0.6) is 11.5 Å². The van der Waals surface area contributed by atoms with Crippen LogP contribution < -0.4 is 15.2 Å². The highest BCUT2D eigenvalue weighted by molar-refractivity contribution is 7.89. The Morgan fingerprint density at radius 2 is 1.81 bits per heavy atom. The average Bonchev–Trinajstić information content (AvgIpc) is 3.13. The molecule has 10 nitrogen and oxygen atoms in total. The van der Waals surface area contributed by atoms with Crippen LogP contribution in [-0.4, -0.2) is 73.6 Å². The molecule has 148 valence electrons. The van der Waals surface area contributed by atoms with E-state index in [9.17, 15) is 18.0 Å². The number of rotatable bonds is 6. The summed E-state index contributed by atoms with van der Waals surface area (Å²) in [4.78, 5) is 24.5. The quantitative estimate of drug-likeness (QED) is 0.649. The van der Waals surface area contributed by atoms with E-state index in [1.165, 1.54) is 21.3 Å². The highest BCUT2D eigenvalue weighted by Gasteiger charge is 2.31. The van der Waals surface area contributed by atoms with Gasteiger partial charge in [-0.3, -0.25) is 9.59 Å². The zero-order chi connectivity index (χ0) is 19.6. The number of fused-ring (bicyclic) bond motifs is 1. The van der Waals surface area contributed by atoms with E-state index >= 15 is 0 Å². The van der Waals surface area contributed by atoms with Crippen LogP contribution in [0.15, 0.2) is 23.1 Å². The van der Waals surface area contributed by atoms with Crippen molar-refractivity contribution in [3.05, 3.63) is 18.2 Å². The number of carbonyl (C=O) groups excluding carboxylic acids is 1. The number of ether oxygens (including phenoxy) is 2. The molecule has 0 aromatic heterocycles. The van der Waals surface area contributed by atoms with Gasteiger partial charge in [-0.25, -0.2) is 8.42 Å². The smallest absolute Gasteiger partial charge is 0.320 e. The van der Waals surface area contributed by atoms with Crippen molar-refractivity contribution in [2.45, 2.75) is 23.8 Å². The molecule has 1 amide bonds. The van der Waals surface area contributed by atoms with Crippen LogP contribution in [0.1, 0.15) is 12.8 Å². The van der Waals surface area contributed by atoms with Gasteiger partial charge >= 0.3 is 5.97 Å². The predicted octanol–water partition coefficient (Wildman–Crippen LogP) is -0.560. The summed E-state index contributed by atoms with van der Waals surface area (Å²) in [5.41, 5.74) is 5.40. The Kier molecular flexibility index (Phi) is 5.53. The Hall–Kier alpha value is -2.37. The Labute approximate surface area is 156 Å². The molecule has 27 heavy (non-hydrogen) atoms. The van der Waals surface area contributed by atoms with Gasteiger partial charge in [-0.05, 0) is 18.6 Å². The third-order valence-electron chi connectivity index (χ3n) is 4.56. The summed E-state index contributed by atoms with van der Waals surface area (Å²) in [6.07, 6.45) is 0.0618. The number of sulfonamides is 1. The van der Waals surface area contributed by atoms with E-state index in [-0.39, 0.29) is 56.6 Å². The predicted molar refractivity (Wildman–Crippen MR) is 92.7 cm³/mol. The average molecular weight is 399 g/mol. The highest BCUT2D eigenvalue weighted by atomic mass is 32.2. The van der Waals surface area contributed by atoms with Crippen molar-refractivity contribution < 1.29 is 32.6 Å². The molecule has 1 aromatic rings. The number of amides is 1. The van der Waals surface area contributed by atoms with Crippen molar-refractivity contribution >= 4 is 21.9 Å². The molecule has 0 radical (unpaired) electrons. The molecule has 0 unspecified atom stereocenters. The maximum absolute atomic E-state index is 12.8. The minimum absolute atomic E-state index is 0.0162. The zero-order valence-corrected chi connectivity index (χ0v) is 15.4. The fourth-order valence-electron chi connectivity index (χ4n) is 2.92. The number of nitrogens with zero attached hydrogens (tertiary/aromatic N) is 2. The molecule has 1 saturated heterocycles. The Bertz CT molecular complexity index is 834. The third-order valence-corrected chi connectivity index (χ3v) is 6.45. The minimum atomic E-state index is -3.71. The molecule has 0 aliphatic carbocycles. The van der Waals surface area contributed by atoms with E-state index in [4.69, 9.17) is 20.3 Å². The molecular formula is C16H21N3O7S. The zero-order valence-electron chi connectivity index (χ0n) is 14.5. The number of carboxylic acid groups (broad SMARTS) is 1. The second-order valence-corrected chi connectivity index (χ2v) is 8.22. The van der Waals surface area contributed by atoms with Crippen LogP contribution in [0.3, 0.4) is 0 Å². The summed E-state index contributed by atoms with van der Waals surface area (Å²) in [6.45, 7) is 0.863. The molecule has 0 spiro atoms. The van der Waals surface area contributed by atoms with Crippen LogP contribution >= 0.6 is 0 Å². The van der Waals surface area contributed by atoms with Crippen molar-refractivity contribution in [3.63, 3.8) is 0 Å². The number of benzene rings is 1. The lowest BCUT2D eigenvalue weighted by molar-refractivity contribution is -0.139. The standard InChI is InChI=1S/C16H21N3O7S/c17-12(16(21)22)2-4-15(20)18-5-7-19(8-6-18)27(23,24)11-1-3-13-14(9-11)26-10-25-13/h1,3,9,12H,2,4-8,10,17H2,(H,21,22)/t12-/m0/s1. The lowest BCUT2D eigenvalue weighted by atomic mass is 10.1. The number of aliphatic carboxylic acids is 1. The van der Waals surface area contributed by atoms with Crippen LogP contribution in [-0.2, 0) is 19.6 Å². The van der Waals surface area contributed by atoms with Crippen molar-refractivity contribution in [2.24, 2.45) is 5.73 Å². The first-order valence-corrected chi connectivity index (χ1v) is 9.89. The van der Waals surface area contributed by atoms with Gasteiger partial charge in [0.2, 0.25) is 22.7 Å². The van der Waals surface area contributed by atoms with Crippen molar-refractivity contribution in [1.82, 2.24) is 9.21 Å². The van der Waals surface area contributed by atoms with E-state index in [1.54, 1.807) is 6.07 Å². The molecule has 3 rings (SSSR count). The van der Waals surface area contributed by atoms with Gasteiger partial charge in [0.05, 0.1) is 4.90 Å². The molecule has 2 aliphatic rings. The number of carboxylic acids is 1. The monoisotopic (exact) mass is 399 g/mol. The van der Waals surface area contributed by atoms with Crippen LogP contribution in [0.25, 0.3) is 0 Å². The highest BCUT2D eigenvalue weighted by Crippen LogP contribution is 2.34. The first kappa shape index (κ1) is 19.4. The molecule has 0 saturated carbocycles. The molecule has 1 fully saturated rings. The van der Waals surface area contributed by atoms with Crippen molar-refractivity contribution in [2.75, 3.05) is 33.0 Å². The second kappa shape index (κ2) is 7.71. The second-order valence-electron chi connectivity index (χ2n) is 6.28. The molecule has 1 atom stereocenters. The molecule has 2 heterocycles. The van der Waals surface area contributed by atoms with E-state index < -0.39 is 22.0 Å². The summed E-state index contributed by atoms with van der Waals surface area (Å²) in [6, 6.07) is 3.37. The fraction of sp³-hybridized carbons (Fsp3) is 0.500. The summed E-state index contributed by atoms with van der Waals surface area (Å²) in [7, 11) is -3.71. The van der Waals surface area contributed by atoms with Gasteiger partial charge in [-0.1, -0.05) is 0 Å². The number of piperazine rings is 1. The van der Waals surface area contributed by atoms with Gasteiger partial charge < -0.3 is 25.2 Å². The lowest BCUT2D eigenvalue weighted by Crippen LogP contribution is -2.50. The summed E-state index contributed by atoms with van der Waals surface area (Å²) in [5.74, 6) is -0.488. The first-order chi connectivity index (χ1) is 12.8. The number of hydrogen-bond acceptors (Lipinski definition) is 7. The lowest BCUT2D eigenvalue weighted by Gasteiger charge is -2.34. The number of carbonyl (C=O) groups is 2. The van der Waals surface area contributed by atoms with Gasteiger partial charge in [0, 0.05) is 38.7 Å². The molecule has 2 aliphatic heterocycles. The Morgan fingerprint density at radius 3 is 2.48 bits per heavy atom. The molecule has 0 bridgehead atoms. The van der Waals surface area contributed by atoms with Crippen LogP contribution in [0.4, 0.5) is 0 Å². The first-order valence-electron chi connectivity index (χ1n) is 8.45. The Morgan fingerprint density at radius 1 is 1.15 bits per heavy atom. The fourth-order valence-corrected chi connectivity index (χ4v) is 4.36. The SMILES string of the molecule is N[C@@H](CCC(=O)N1CCN(S(=O)(=O)c2ccc3c(c2)OCO3)CC1)C(=O)O.